The van der Waals surface area contributed by atoms with Crippen LogP contribution in [0.5, 0.6) is 0 Å². The molecule has 198 valence electrons. The van der Waals surface area contributed by atoms with E-state index >= 15 is 0 Å². The Labute approximate surface area is 208 Å². The van der Waals surface area contributed by atoms with E-state index in [1.165, 1.54) is 135 Å². The fraction of sp³-hybridized carbons (Fsp3) is 0.935. The van der Waals surface area contributed by atoms with Gasteiger partial charge < -0.3 is 5.32 Å². The van der Waals surface area contributed by atoms with Crippen LogP contribution in [0.4, 0.5) is 0 Å². The average molecular weight is 456 g/mol. The van der Waals surface area contributed by atoms with Crippen LogP contribution in [0.3, 0.4) is 0 Å². The molecule has 0 radical (unpaired) electrons. The lowest BCUT2D eigenvalue weighted by atomic mass is 10.0. The van der Waals surface area contributed by atoms with Crippen molar-refractivity contribution in [2.24, 2.45) is 5.92 Å². The molecule has 1 nitrogen and oxygen atoms in total. The molecule has 0 saturated carbocycles. The minimum absolute atomic E-state index is 0.894. The summed E-state index contributed by atoms with van der Waals surface area (Å²) in [6.45, 7) is 23.8. The van der Waals surface area contributed by atoms with Gasteiger partial charge in [0.1, 0.15) is 0 Å². The van der Waals surface area contributed by atoms with Gasteiger partial charge in [-0.1, -0.05) is 158 Å². The van der Waals surface area contributed by atoms with Crippen LogP contribution in [0.25, 0.3) is 0 Å². The molecule has 0 aromatic heterocycles. The highest BCUT2D eigenvalue weighted by molar-refractivity contribution is 4.51. The Morgan fingerprint density at radius 2 is 0.812 bits per heavy atom. The maximum atomic E-state index is 3.46. The van der Waals surface area contributed by atoms with Gasteiger partial charge in [0.25, 0.3) is 0 Å². The highest BCUT2D eigenvalue weighted by Gasteiger charge is 1.95. The molecule has 0 fully saturated rings. The van der Waals surface area contributed by atoms with Crippen molar-refractivity contribution in [1.29, 1.82) is 0 Å². The predicted molar refractivity (Wildman–Crippen MR) is 155 cm³/mol. The van der Waals surface area contributed by atoms with Crippen LogP contribution in [0.2, 0.25) is 0 Å². The van der Waals surface area contributed by atoms with Crippen molar-refractivity contribution < 1.29 is 0 Å². The monoisotopic (exact) mass is 456 g/mol. The number of nitrogens with one attached hydrogen (secondary N) is 1. The molecule has 0 rings (SSSR count). The molecule has 0 aliphatic heterocycles. The molecular weight excluding hydrogens is 386 g/mol. The second-order valence-electron chi connectivity index (χ2n) is 9.24. The van der Waals surface area contributed by atoms with Gasteiger partial charge in [0.2, 0.25) is 0 Å². The number of hydrogen-bond donors (Lipinski definition) is 1. The molecule has 32 heavy (non-hydrogen) atoms. The van der Waals surface area contributed by atoms with Crippen molar-refractivity contribution in [3.05, 3.63) is 13.2 Å². The standard InChI is InChI=1S/C16H35N.C11H24.C2H6.C2H4/c1-4-14-17-15-12-10-8-6-5-7-9-11-13-16(2)3;1-3-5-7-9-11-10-8-6-4-2;2*1-2/h16-17H,4-15H2,1-3H3;3-11H2,1-2H3;1-2H3;1-2H2. The first kappa shape index (κ1) is 38.9. The summed E-state index contributed by atoms with van der Waals surface area (Å²) < 4.78 is 0. The van der Waals surface area contributed by atoms with E-state index in [-0.39, 0.29) is 0 Å². The number of hydrogen-bond acceptors (Lipinski definition) is 1. The molecule has 1 N–H and O–H groups in total. The van der Waals surface area contributed by atoms with E-state index in [0.29, 0.717) is 0 Å². The second kappa shape index (κ2) is 44.4. The fourth-order valence-corrected chi connectivity index (χ4v) is 3.55. The van der Waals surface area contributed by atoms with Gasteiger partial charge in [0.05, 0.1) is 0 Å². The maximum absolute atomic E-state index is 3.46. The van der Waals surface area contributed by atoms with E-state index in [0.717, 1.165) is 5.92 Å². The zero-order chi connectivity index (χ0) is 25.1. The molecule has 0 saturated heterocycles. The van der Waals surface area contributed by atoms with Gasteiger partial charge in [0.15, 0.2) is 0 Å². The third-order valence-corrected chi connectivity index (χ3v) is 5.52. The minimum atomic E-state index is 0.894. The highest BCUT2D eigenvalue weighted by atomic mass is 14.8. The topological polar surface area (TPSA) is 12.0 Å². The van der Waals surface area contributed by atoms with Crippen molar-refractivity contribution in [1.82, 2.24) is 5.32 Å². The lowest BCUT2D eigenvalue weighted by Crippen LogP contribution is -2.15. The summed E-state index contributed by atoms with van der Waals surface area (Å²) in [6.07, 6.45) is 27.1. The van der Waals surface area contributed by atoms with Gasteiger partial charge in [-0.3, -0.25) is 0 Å². The Morgan fingerprint density at radius 1 is 0.469 bits per heavy atom. The first-order chi connectivity index (χ1) is 15.7. The molecule has 1 heteroatoms. The molecule has 0 atom stereocenters. The van der Waals surface area contributed by atoms with Crippen LogP contribution in [0, 0.1) is 5.92 Å². The summed E-state index contributed by atoms with van der Waals surface area (Å²) in [7, 11) is 0. The van der Waals surface area contributed by atoms with Crippen molar-refractivity contribution in [3.63, 3.8) is 0 Å². The molecule has 0 spiro atoms. The van der Waals surface area contributed by atoms with Gasteiger partial charge >= 0.3 is 0 Å². The Bertz CT molecular complexity index is 241. The van der Waals surface area contributed by atoms with Crippen LogP contribution < -0.4 is 5.32 Å². The molecule has 0 aliphatic rings. The third kappa shape index (κ3) is 52.0. The van der Waals surface area contributed by atoms with Gasteiger partial charge in [-0.25, -0.2) is 0 Å². The number of rotatable bonds is 21. The van der Waals surface area contributed by atoms with Crippen LogP contribution in [-0.4, -0.2) is 13.1 Å². The molecule has 0 heterocycles. The van der Waals surface area contributed by atoms with E-state index in [9.17, 15) is 0 Å². The van der Waals surface area contributed by atoms with Crippen molar-refractivity contribution >= 4 is 0 Å². The Morgan fingerprint density at radius 3 is 1.16 bits per heavy atom. The molecule has 0 bridgehead atoms. The van der Waals surface area contributed by atoms with E-state index in [2.05, 4.69) is 53.1 Å². The predicted octanol–water partition coefficient (Wildman–Crippen LogP) is 11.5. The first-order valence-corrected chi connectivity index (χ1v) is 14.9. The molecule has 0 aromatic carbocycles. The lowest BCUT2D eigenvalue weighted by molar-refractivity contribution is 0.505. The molecule has 0 aromatic rings. The van der Waals surface area contributed by atoms with Gasteiger partial charge in [-0.15, -0.1) is 13.2 Å². The zero-order valence-electron chi connectivity index (χ0n) is 24.3. The summed E-state index contributed by atoms with van der Waals surface area (Å²) in [6, 6.07) is 0. The number of unbranched alkanes of at least 4 members (excludes halogenated alkanes) is 15. The summed E-state index contributed by atoms with van der Waals surface area (Å²) >= 11 is 0. The highest BCUT2D eigenvalue weighted by Crippen LogP contribution is 2.12. The van der Waals surface area contributed by atoms with E-state index < -0.39 is 0 Å². The quantitative estimate of drug-likeness (QED) is 0.134. The van der Waals surface area contributed by atoms with Gasteiger partial charge in [-0.2, -0.15) is 0 Å². The lowest BCUT2D eigenvalue weighted by Gasteiger charge is -2.05. The Kier molecular flexibility index (Phi) is 54.0. The van der Waals surface area contributed by atoms with E-state index in [4.69, 9.17) is 0 Å². The minimum Gasteiger partial charge on any atom is -0.317 e. The first-order valence-electron chi connectivity index (χ1n) is 14.9. The van der Waals surface area contributed by atoms with Gasteiger partial charge in [-0.05, 0) is 31.8 Å². The SMILES string of the molecule is C=C.CC.CCCCCCCCCCC.CCCNCCCCCCCCCCC(C)C. The normalized spacial score (nSPS) is 9.88. The summed E-state index contributed by atoms with van der Waals surface area (Å²) in [5.74, 6) is 0.894. The van der Waals surface area contributed by atoms with E-state index in [1.807, 2.05) is 13.8 Å². The zero-order valence-corrected chi connectivity index (χ0v) is 24.3. The molecular formula is C31H69N. The van der Waals surface area contributed by atoms with Gasteiger partial charge in [0, 0.05) is 0 Å². The summed E-state index contributed by atoms with van der Waals surface area (Å²) in [5, 5.41) is 3.46. The Hall–Kier alpha value is -0.300. The van der Waals surface area contributed by atoms with Crippen molar-refractivity contribution in [2.45, 2.75) is 170 Å². The fourth-order valence-electron chi connectivity index (χ4n) is 3.55. The third-order valence-electron chi connectivity index (χ3n) is 5.52. The van der Waals surface area contributed by atoms with Crippen LogP contribution in [0.15, 0.2) is 13.2 Å². The maximum Gasteiger partial charge on any atom is -0.00489 e. The summed E-state index contributed by atoms with van der Waals surface area (Å²) in [5.41, 5.74) is 0. The molecule has 0 unspecified atom stereocenters. The smallest absolute Gasteiger partial charge is 0.00489 e. The van der Waals surface area contributed by atoms with Crippen molar-refractivity contribution in [3.8, 4) is 0 Å². The van der Waals surface area contributed by atoms with Crippen LogP contribution in [-0.2, 0) is 0 Å². The molecule has 0 aliphatic carbocycles. The second-order valence-corrected chi connectivity index (χ2v) is 9.24. The summed E-state index contributed by atoms with van der Waals surface area (Å²) in [4.78, 5) is 0. The van der Waals surface area contributed by atoms with Crippen LogP contribution >= 0.6 is 0 Å². The van der Waals surface area contributed by atoms with E-state index in [1.54, 1.807) is 0 Å². The van der Waals surface area contributed by atoms with Crippen LogP contribution in [0.1, 0.15) is 170 Å². The van der Waals surface area contributed by atoms with Crippen molar-refractivity contribution in [2.75, 3.05) is 13.1 Å². The Balaban J connectivity index is -0.000000225. The molecule has 0 amide bonds. The largest absolute Gasteiger partial charge is 0.317 e. The average Bonchev–Trinajstić information content (AvgIpc) is 2.82.